The van der Waals surface area contributed by atoms with Crippen LogP contribution in [0, 0.1) is 5.92 Å². The second-order valence-electron chi connectivity index (χ2n) is 8.32. The van der Waals surface area contributed by atoms with Crippen molar-refractivity contribution >= 4 is 29.9 Å². The molecule has 1 fully saturated rings. The van der Waals surface area contributed by atoms with E-state index in [1.807, 2.05) is 12.5 Å². The van der Waals surface area contributed by atoms with Gasteiger partial charge in [-0.15, -0.1) is 24.0 Å². The number of guanidine groups is 1. The second kappa shape index (κ2) is 11.1. The standard InChI is InChI=1S/C23H34N6.HI/c1-3-25-23(28-13-8-19(2)22(17-28)29-15-10-24-18-29)26-11-14-27-12-9-20-6-4-5-7-21(20)16-27;/h4-7,10,15,18-19,22H,3,8-9,11-14,16-17H2,1-2H3,(H,25,26);1H. The van der Waals surface area contributed by atoms with E-state index in [4.69, 9.17) is 4.99 Å². The maximum absolute atomic E-state index is 4.99. The van der Waals surface area contributed by atoms with Crippen LogP contribution in [0.25, 0.3) is 0 Å². The molecule has 30 heavy (non-hydrogen) atoms. The van der Waals surface area contributed by atoms with Crippen LogP contribution in [0.5, 0.6) is 0 Å². The largest absolute Gasteiger partial charge is 0.357 e. The molecule has 164 valence electrons. The molecule has 0 saturated carbocycles. The molecule has 3 heterocycles. The summed E-state index contributed by atoms with van der Waals surface area (Å²) < 4.78 is 2.26. The maximum atomic E-state index is 4.99. The molecule has 7 heteroatoms. The number of fused-ring (bicyclic) bond motifs is 1. The quantitative estimate of drug-likeness (QED) is 0.372. The molecule has 0 bridgehead atoms. The Morgan fingerprint density at radius 1 is 1.23 bits per heavy atom. The normalized spacial score (nSPS) is 22.3. The molecular weight excluding hydrogens is 487 g/mol. The summed E-state index contributed by atoms with van der Waals surface area (Å²) in [5, 5.41) is 3.52. The summed E-state index contributed by atoms with van der Waals surface area (Å²) in [5.41, 5.74) is 2.98. The molecule has 1 aromatic heterocycles. The van der Waals surface area contributed by atoms with Crippen molar-refractivity contribution in [1.82, 2.24) is 24.7 Å². The summed E-state index contributed by atoms with van der Waals surface area (Å²) >= 11 is 0. The van der Waals surface area contributed by atoms with Crippen LogP contribution >= 0.6 is 24.0 Å². The van der Waals surface area contributed by atoms with Gasteiger partial charge in [-0.1, -0.05) is 31.2 Å². The van der Waals surface area contributed by atoms with Gasteiger partial charge in [0.15, 0.2) is 5.96 Å². The van der Waals surface area contributed by atoms with Gasteiger partial charge in [-0.25, -0.2) is 4.98 Å². The number of halogens is 1. The minimum atomic E-state index is 0. The van der Waals surface area contributed by atoms with E-state index in [0.29, 0.717) is 12.0 Å². The Bertz CT molecular complexity index is 806. The van der Waals surface area contributed by atoms with Crippen LogP contribution in [0.1, 0.15) is 37.4 Å². The molecule has 1 N–H and O–H groups in total. The molecule has 2 atom stereocenters. The Morgan fingerprint density at radius 2 is 2.07 bits per heavy atom. The zero-order chi connectivity index (χ0) is 20.1. The summed E-state index contributed by atoms with van der Waals surface area (Å²) in [6.45, 7) is 11.5. The first kappa shape index (κ1) is 23.1. The number of piperidine rings is 1. The molecule has 2 aliphatic heterocycles. The number of likely N-dealkylation sites (tertiary alicyclic amines) is 1. The van der Waals surface area contributed by atoms with E-state index in [9.17, 15) is 0 Å². The Labute approximate surface area is 197 Å². The predicted octanol–water partition coefficient (Wildman–Crippen LogP) is 3.41. The number of benzene rings is 1. The number of hydrogen-bond donors (Lipinski definition) is 1. The van der Waals surface area contributed by atoms with Crippen LogP contribution in [0.4, 0.5) is 0 Å². The number of nitrogens with one attached hydrogen (secondary N) is 1. The van der Waals surface area contributed by atoms with Gasteiger partial charge >= 0.3 is 0 Å². The van der Waals surface area contributed by atoms with E-state index in [-0.39, 0.29) is 24.0 Å². The molecule has 0 spiro atoms. The van der Waals surface area contributed by atoms with Gasteiger partial charge < -0.3 is 14.8 Å². The third kappa shape index (κ3) is 5.55. The molecule has 2 aliphatic rings. The fourth-order valence-electron chi connectivity index (χ4n) is 4.56. The Morgan fingerprint density at radius 3 is 2.83 bits per heavy atom. The summed E-state index contributed by atoms with van der Waals surface area (Å²) in [6, 6.07) is 9.28. The van der Waals surface area contributed by atoms with Crippen LogP contribution in [0.15, 0.2) is 48.0 Å². The Hall–Kier alpha value is -1.61. The topological polar surface area (TPSA) is 48.7 Å². The van der Waals surface area contributed by atoms with Crippen molar-refractivity contribution in [3.63, 3.8) is 0 Å². The average Bonchev–Trinajstić information content (AvgIpc) is 3.28. The molecule has 1 saturated heterocycles. The highest BCUT2D eigenvalue weighted by atomic mass is 127. The second-order valence-corrected chi connectivity index (χ2v) is 8.32. The first-order chi connectivity index (χ1) is 14.2. The molecule has 2 unspecified atom stereocenters. The van der Waals surface area contributed by atoms with Crippen molar-refractivity contribution in [3.05, 3.63) is 54.1 Å². The summed E-state index contributed by atoms with van der Waals surface area (Å²) in [4.78, 5) is 14.2. The number of aliphatic imine (C=N–C) groups is 1. The van der Waals surface area contributed by atoms with E-state index in [1.165, 1.54) is 17.5 Å². The van der Waals surface area contributed by atoms with Gasteiger partial charge in [-0.05, 0) is 36.8 Å². The van der Waals surface area contributed by atoms with Crippen LogP contribution in [-0.4, -0.2) is 64.6 Å². The first-order valence-electron chi connectivity index (χ1n) is 11.0. The number of imidazole rings is 1. The molecule has 0 aliphatic carbocycles. The molecule has 0 amide bonds. The van der Waals surface area contributed by atoms with Crippen molar-refractivity contribution in [3.8, 4) is 0 Å². The molecule has 0 radical (unpaired) electrons. The number of rotatable bonds is 5. The van der Waals surface area contributed by atoms with Crippen molar-refractivity contribution in [2.24, 2.45) is 10.9 Å². The fraction of sp³-hybridized carbons (Fsp3) is 0.565. The molecular formula is C23H35IN6. The van der Waals surface area contributed by atoms with E-state index in [1.54, 1.807) is 0 Å². The van der Waals surface area contributed by atoms with Crippen molar-refractivity contribution in [2.75, 3.05) is 39.3 Å². The van der Waals surface area contributed by atoms with Gasteiger partial charge in [-0.3, -0.25) is 9.89 Å². The smallest absolute Gasteiger partial charge is 0.194 e. The average molecular weight is 522 g/mol. The lowest BCUT2D eigenvalue weighted by atomic mass is 9.93. The molecule has 2 aromatic rings. The summed E-state index contributed by atoms with van der Waals surface area (Å²) in [6.07, 6.45) is 8.24. The summed E-state index contributed by atoms with van der Waals surface area (Å²) in [5.74, 6) is 1.71. The van der Waals surface area contributed by atoms with Crippen molar-refractivity contribution in [1.29, 1.82) is 0 Å². The zero-order valence-corrected chi connectivity index (χ0v) is 20.5. The minimum absolute atomic E-state index is 0. The van der Waals surface area contributed by atoms with Crippen molar-refractivity contribution < 1.29 is 0 Å². The lowest BCUT2D eigenvalue weighted by molar-refractivity contribution is 0.188. The Balaban J connectivity index is 0.00000256. The maximum Gasteiger partial charge on any atom is 0.194 e. The molecule has 6 nitrogen and oxygen atoms in total. The number of nitrogens with zero attached hydrogens (tertiary/aromatic N) is 5. The van der Waals surface area contributed by atoms with Crippen LogP contribution < -0.4 is 5.32 Å². The minimum Gasteiger partial charge on any atom is -0.357 e. The van der Waals surface area contributed by atoms with E-state index >= 15 is 0 Å². The van der Waals surface area contributed by atoms with Gasteiger partial charge in [-0.2, -0.15) is 0 Å². The van der Waals surface area contributed by atoms with Crippen molar-refractivity contribution in [2.45, 2.75) is 39.3 Å². The predicted molar refractivity (Wildman–Crippen MR) is 133 cm³/mol. The number of hydrogen-bond acceptors (Lipinski definition) is 3. The van der Waals surface area contributed by atoms with Gasteiger partial charge in [0, 0.05) is 51.7 Å². The summed E-state index contributed by atoms with van der Waals surface area (Å²) in [7, 11) is 0. The lowest BCUT2D eigenvalue weighted by Gasteiger charge is -2.39. The lowest BCUT2D eigenvalue weighted by Crippen LogP contribution is -2.49. The van der Waals surface area contributed by atoms with E-state index in [0.717, 1.165) is 58.2 Å². The van der Waals surface area contributed by atoms with Gasteiger partial charge in [0.05, 0.1) is 18.9 Å². The SMILES string of the molecule is CCNC(=NCCN1CCc2ccccc2C1)N1CCC(C)C(n2ccnc2)C1.I. The highest BCUT2D eigenvalue weighted by molar-refractivity contribution is 14.0. The number of aromatic nitrogens is 2. The highest BCUT2D eigenvalue weighted by Gasteiger charge is 2.28. The Kier molecular flexibility index (Phi) is 8.56. The van der Waals surface area contributed by atoms with Gasteiger partial charge in [0.25, 0.3) is 0 Å². The van der Waals surface area contributed by atoms with Crippen LogP contribution in [0.3, 0.4) is 0 Å². The van der Waals surface area contributed by atoms with Crippen LogP contribution in [-0.2, 0) is 13.0 Å². The zero-order valence-electron chi connectivity index (χ0n) is 18.2. The third-order valence-electron chi connectivity index (χ3n) is 6.35. The fourth-order valence-corrected chi connectivity index (χ4v) is 4.56. The van der Waals surface area contributed by atoms with E-state index < -0.39 is 0 Å². The third-order valence-corrected chi connectivity index (χ3v) is 6.35. The van der Waals surface area contributed by atoms with Gasteiger partial charge in [0.1, 0.15) is 0 Å². The van der Waals surface area contributed by atoms with Crippen LogP contribution in [0.2, 0.25) is 0 Å². The first-order valence-corrected chi connectivity index (χ1v) is 11.0. The molecule has 1 aromatic carbocycles. The van der Waals surface area contributed by atoms with E-state index in [2.05, 4.69) is 69.0 Å². The highest BCUT2D eigenvalue weighted by Crippen LogP contribution is 2.27. The molecule has 4 rings (SSSR count). The monoisotopic (exact) mass is 522 g/mol. The van der Waals surface area contributed by atoms with Gasteiger partial charge in [0.2, 0.25) is 0 Å².